The first-order chi connectivity index (χ1) is 15.8. The van der Waals surface area contributed by atoms with E-state index in [2.05, 4.69) is 0 Å². The molecule has 11 heteroatoms. The van der Waals surface area contributed by atoms with Gasteiger partial charge in [0.25, 0.3) is 0 Å². The summed E-state index contributed by atoms with van der Waals surface area (Å²) in [5.41, 5.74) is 1.86. The molecule has 1 aliphatic rings. The number of aromatic nitrogens is 1. The first-order valence-electron chi connectivity index (χ1n) is 10.2. The number of rotatable bonds is 7. The molecule has 7 nitrogen and oxygen atoms in total. The van der Waals surface area contributed by atoms with Crippen LogP contribution in [-0.2, 0) is 16.4 Å². The zero-order chi connectivity index (χ0) is 23.6. The number of halogens is 2. The van der Waals surface area contributed by atoms with Crippen molar-refractivity contribution in [3.63, 3.8) is 0 Å². The molecule has 4 rings (SSSR count). The number of sulfonamides is 1. The third-order valence-corrected chi connectivity index (χ3v) is 8.31. The maximum absolute atomic E-state index is 14.0. The predicted molar refractivity (Wildman–Crippen MR) is 122 cm³/mol. The summed E-state index contributed by atoms with van der Waals surface area (Å²) in [5, 5.41) is 2.76. The molecule has 0 aliphatic carbocycles. The lowest BCUT2D eigenvalue weighted by molar-refractivity contribution is 0.382. The molecule has 1 aliphatic heterocycles. The van der Waals surface area contributed by atoms with Crippen LogP contribution >= 0.6 is 11.3 Å². The van der Waals surface area contributed by atoms with Crippen LogP contribution < -0.4 is 14.4 Å². The van der Waals surface area contributed by atoms with Crippen molar-refractivity contribution in [2.45, 2.75) is 11.3 Å². The standard InChI is InChI=1S/C22H23F2N3O4S2/c1-30-18-5-3-15(20(13-18)31-2)11-17-14-32-22(25-17)26-7-9-27(10-8-26)33(28,29)21-6-4-16(23)12-19(21)24/h3-6,12-14H,7-11H2,1-2H3. The van der Waals surface area contributed by atoms with Gasteiger partial charge in [0, 0.05) is 55.7 Å². The zero-order valence-corrected chi connectivity index (χ0v) is 19.8. The zero-order valence-electron chi connectivity index (χ0n) is 18.1. The third kappa shape index (κ3) is 4.94. The number of nitrogens with zero attached hydrogens (tertiary/aromatic N) is 3. The summed E-state index contributed by atoms with van der Waals surface area (Å²) in [5.74, 6) is -0.474. The maximum Gasteiger partial charge on any atom is 0.246 e. The summed E-state index contributed by atoms with van der Waals surface area (Å²) >= 11 is 1.49. The Morgan fingerprint density at radius 3 is 2.45 bits per heavy atom. The van der Waals surface area contributed by atoms with Gasteiger partial charge in [0.15, 0.2) is 5.13 Å². The Bertz CT molecular complexity index is 1240. The molecule has 1 fully saturated rings. The van der Waals surface area contributed by atoms with E-state index < -0.39 is 26.6 Å². The van der Waals surface area contributed by atoms with Crippen LogP contribution in [0.5, 0.6) is 11.5 Å². The molecule has 0 unspecified atom stereocenters. The lowest BCUT2D eigenvalue weighted by atomic mass is 10.1. The second-order valence-electron chi connectivity index (χ2n) is 7.44. The van der Waals surface area contributed by atoms with Gasteiger partial charge < -0.3 is 14.4 Å². The monoisotopic (exact) mass is 495 g/mol. The van der Waals surface area contributed by atoms with Crippen LogP contribution in [-0.4, -0.2) is 58.1 Å². The average Bonchev–Trinajstić information content (AvgIpc) is 3.27. The average molecular weight is 496 g/mol. The highest BCUT2D eigenvalue weighted by molar-refractivity contribution is 7.89. The molecule has 176 valence electrons. The van der Waals surface area contributed by atoms with E-state index in [9.17, 15) is 17.2 Å². The van der Waals surface area contributed by atoms with Gasteiger partial charge in [-0.1, -0.05) is 6.07 Å². The number of benzene rings is 2. The minimum Gasteiger partial charge on any atom is -0.497 e. The van der Waals surface area contributed by atoms with E-state index in [1.165, 1.54) is 15.6 Å². The number of ether oxygens (including phenoxy) is 2. The van der Waals surface area contributed by atoms with E-state index in [1.54, 1.807) is 14.2 Å². The van der Waals surface area contributed by atoms with Gasteiger partial charge in [-0.05, 0) is 18.2 Å². The van der Waals surface area contributed by atoms with Crippen LogP contribution in [0.4, 0.5) is 13.9 Å². The molecule has 1 saturated heterocycles. The number of piperazine rings is 1. The molecule has 0 spiro atoms. The number of anilines is 1. The summed E-state index contributed by atoms with van der Waals surface area (Å²) in [6.07, 6.45) is 0.585. The fourth-order valence-electron chi connectivity index (χ4n) is 3.66. The van der Waals surface area contributed by atoms with E-state index in [4.69, 9.17) is 14.5 Å². The molecular weight excluding hydrogens is 472 g/mol. The minimum atomic E-state index is -4.04. The molecule has 3 aromatic rings. The second kappa shape index (κ2) is 9.62. The summed E-state index contributed by atoms with van der Waals surface area (Å²) in [6, 6.07) is 8.13. The quantitative estimate of drug-likeness (QED) is 0.499. The van der Waals surface area contributed by atoms with E-state index in [0.717, 1.165) is 34.3 Å². The Morgan fingerprint density at radius 2 is 1.79 bits per heavy atom. The molecule has 1 aromatic heterocycles. The predicted octanol–water partition coefficient (Wildman–Crippen LogP) is 3.54. The van der Waals surface area contributed by atoms with Gasteiger partial charge in [-0.15, -0.1) is 11.3 Å². The van der Waals surface area contributed by atoms with Crippen LogP contribution in [0.2, 0.25) is 0 Å². The molecular formula is C22H23F2N3O4S2. The van der Waals surface area contributed by atoms with Gasteiger partial charge in [0.05, 0.1) is 19.9 Å². The van der Waals surface area contributed by atoms with Crippen LogP contribution in [0.3, 0.4) is 0 Å². The Balaban J connectivity index is 1.42. The second-order valence-corrected chi connectivity index (χ2v) is 10.2. The van der Waals surface area contributed by atoms with Crippen molar-refractivity contribution in [3.05, 3.63) is 64.7 Å². The van der Waals surface area contributed by atoms with Crippen molar-refractivity contribution in [3.8, 4) is 11.5 Å². The number of hydrogen-bond donors (Lipinski definition) is 0. The van der Waals surface area contributed by atoms with Crippen molar-refractivity contribution >= 4 is 26.5 Å². The Hall–Kier alpha value is -2.76. The topological polar surface area (TPSA) is 72.0 Å². The molecule has 0 N–H and O–H groups in total. The molecule has 0 radical (unpaired) electrons. The van der Waals surface area contributed by atoms with Gasteiger partial charge in [-0.25, -0.2) is 22.2 Å². The molecule has 2 heterocycles. The first kappa shape index (κ1) is 23.4. The van der Waals surface area contributed by atoms with Crippen LogP contribution in [0.1, 0.15) is 11.3 Å². The summed E-state index contributed by atoms with van der Waals surface area (Å²) < 4.78 is 64.7. The fourth-order valence-corrected chi connectivity index (χ4v) is 6.01. The molecule has 0 amide bonds. The minimum absolute atomic E-state index is 0.181. The summed E-state index contributed by atoms with van der Waals surface area (Å²) in [7, 11) is -0.833. The van der Waals surface area contributed by atoms with E-state index in [0.29, 0.717) is 31.3 Å². The van der Waals surface area contributed by atoms with Gasteiger partial charge in [-0.3, -0.25) is 0 Å². The molecule has 0 atom stereocenters. The van der Waals surface area contributed by atoms with Crippen LogP contribution in [0, 0.1) is 11.6 Å². The highest BCUT2D eigenvalue weighted by atomic mass is 32.2. The summed E-state index contributed by atoms with van der Waals surface area (Å²) in [4.78, 5) is 6.20. The lowest BCUT2D eigenvalue weighted by Crippen LogP contribution is -2.48. The van der Waals surface area contributed by atoms with Gasteiger partial charge >= 0.3 is 0 Å². The molecule has 2 aromatic carbocycles. The van der Waals surface area contributed by atoms with E-state index in [-0.39, 0.29) is 13.1 Å². The van der Waals surface area contributed by atoms with E-state index in [1.807, 2.05) is 28.5 Å². The van der Waals surface area contributed by atoms with Gasteiger partial charge in [0.1, 0.15) is 28.0 Å². The highest BCUT2D eigenvalue weighted by Gasteiger charge is 2.31. The Labute approximate surface area is 195 Å². The van der Waals surface area contributed by atoms with Crippen molar-refractivity contribution in [1.29, 1.82) is 0 Å². The van der Waals surface area contributed by atoms with Crippen molar-refractivity contribution in [2.75, 3.05) is 45.3 Å². The fraction of sp³-hybridized carbons (Fsp3) is 0.318. The van der Waals surface area contributed by atoms with E-state index >= 15 is 0 Å². The van der Waals surface area contributed by atoms with Crippen molar-refractivity contribution in [1.82, 2.24) is 9.29 Å². The Kier molecular flexibility index (Phi) is 6.82. The number of methoxy groups -OCH3 is 2. The normalized spacial score (nSPS) is 15.0. The van der Waals surface area contributed by atoms with Crippen LogP contribution in [0.15, 0.2) is 46.7 Å². The van der Waals surface area contributed by atoms with Gasteiger partial charge in [-0.2, -0.15) is 4.31 Å². The van der Waals surface area contributed by atoms with Crippen molar-refractivity contribution < 1.29 is 26.7 Å². The Morgan fingerprint density at radius 1 is 1.03 bits per heavy atom. The highest BCUT2D eigenvalue weighted by Crippen LogP contribution is 2.29. The van der Waals surface area contributed by atoms with Gasteiger partial charge in [0.2, 0.25) is 10.0 Å². The SMILES string of the molecule is COc1ccc(Cc2csc(N3CCN(S(=O)(=O)c4ccc(F)cc4F)CC3)n2)c(OC)c1. The number of thiazole rings is 1. The number of hydrogen-bond acceptors (Lipinski definition) is 7. The third-order valence-electron chi connectivity index (χ3n) is 5.43. The smallest absolute Gasteiger partial charge is 0.246 e. The maximum atomic E-state index is 14.0. The van der Waals surface area contributed by atoms with Crippen LogP contribution in [0.25, 0.3) is 0 Å². The summed E-state index contributed by atoms with van der Waals surface area (Å²) in [6.45, 7) is 1.20. The lowest BCUT2D eigenvalue weighted by Gasteiger charge is -2.33. The largest absolute Gasteiger partial charge is 0.497 e. The molecule has 0 saturated carbocycles. The first-order valence-corrected chi connectivity index (χ1v) is 12.5. The molecule has 0 bridgehead atoms. The molecule has 33 heavy (non-hydrogen) atoms. The van der Waals surface area contributed by atoms with Crippen molar-refractivity contribution in [2.24, 2.45) is 0 Å².